The van der Waals surface area contributed by atoms with Crippen molar-refractivity contribution in [1.82, 2.24) is 10.9 Å². The molecule has 0 spiro atoms. The summed E-state index contributed by atoms with van der Waals surface area (Å²) in [5.41, 5.74) is 7.27. The fraction of sp³-hybridized carbons (Fsp3) is 0.556. The van der Waals surface area contributed by atoms with E-state index in [4.69, 9.17) is 0 Å². The molecule has 0 unspecified atom stereocenters. The number of hydrogen-bond acceptors (Lipinski definition) is 2. The summed E-state index contributed by atoms with van der Waals surface area (Å²) in [4.78, 5) is 22.5. The van der Waals surface area contributed by atoms with Crippen LogP contribution in [0.1, 0.15) is 64.1 Å². The summed E-state index contributed by atoms with van der Waals surface area (Å²) in [5.74, 6) is 0.480. The highest BCUT2D eigenvalue weighted by molar-refractivity contribution is 5.81. The van der Waals surface area contributed by atoms with E-state index in [0.29, 0.717) is 11.8 Å². The lowest BCUT2D eigenvalue weighted by molar-refractivity contribution is -0.692. The Labute approximate surface area is 139 Å². The molecule has 1 rings (SSSR count). The van der Waals surface area contributed by atoms with E-state index in [0.717, 1.165) is 6.42 Å². The molecule has 23 heavy (non-hydrogen) atoms. The summed E-state index contributed by atoms with van der Waals surface area (Å²) in [6.45, 7) is 10.4. The molecule has 0 saturated heterocycles. The Balaban J connectivity index is 2.67. The SMILES string of the molecule is CC[C@H](C)c1ccc([C@H]([NH2+]CC(=O)NNC(C)=O)C(C)C)cc1. The van der Waals surface area contributed by atoms with Gasteiger partial charge in [0.15, 0.2) is 6.54 Å². The fourth-order valence-electron chi connectivity index (χ4n) is 2.52. The van der Waals surface area contributed by atoms with Crippen LogP contribution in [0.3, 0.4) is 0 Å². The van der Waals surface area contributed by atoms with Gasteiger partial charge in [-0.1, -0.05) is 52.0 Å². The molecule has 0 heterocycles. The Morgan fingerprint density at radius 2 is 1.61 bits per heavy atom. The van der Waals surface area contributed by atoms with Gasteiger partial charge in [0, 0.05) is 18.4 Å². The maximum absolute atomic E-state index is 11.7. The standard InChI is InChI=1S/C18H29N3O2/c1-6-13(4)15-7-9-16(10-8-15)18(12(2)3)19-11-17(23)21-20-14(5)22/h7-10,12-13,18-19H,6,11H2,1-5H3,(H,20,22)(H,21,23)/p+1/t13-,18+/m0/s1. The minimum absolute atomic E-state index is 0.206. The Kier molecular flexibility index (Phi) is 7.75. The smallest absolute Gasteiger partial charge is 0.293 e. The van der Waals surface area contributed by atoms with Crippen molar-refractivity contribution >= 4 is 11.8 Å². The Morgan fingerprint density at radius 1 is 1.04 bits per heavy atom. The van der Waals surface area contributed by atoms with Gasteiger partial charge in [-0.3, -0.25) is 20.4 Å². The Bertz CT molecular complexity index is 512. The molecular formula is C18H30N3O2+. The Hall–Kier alpha value is -1.88. The number of nitrogens with two attached hydrogens (primary N) is 1. The number of carbonyl (C=O) groups excluding carboxylic acids is 2. The summed E-state index contributed by atoms with van der Waals surface area (Å²) >= 11 is 0. The van der Waals surface area contributed by atoms with E-state index in [9.17, 15) is 9.59 Å². The number of amides is 2. The third kappa shape index (κ3) is 6.40. The van der Waals surface area contributed by atoms with Crippen molar-refractivity contribution in [3.63, 3.8) is 0 Å². The highest BCUT2D eigenvalue weighted by Gasteiger charge is 2.20. The zero-order valence-electron chi connectivity index (χ0n) is 14.8. The quantitative estimate of drug-likeness (QED) is 0.668. The van der Waals surface area contributed by atoms with Crippen LogP contribution in [0.2, 0.25) is 0 Å². The normalized spacial score (nSPS) is 13.5. The van der Waals surface area contributed by atoms with Gasteiger partial charge in [-0.2, -0.15) is 0 Å². The van der Waals surface area contributed by atoms with E-state index < -0.39 is 0 Å². The highest BCUT2D eigenvalue weighted by atomic mass is 16.2. The van der Waals surface area contributed by atoms with Crippen LogP contribution >= 0.6 is 0 Å². The fourth-order valence-corrected chi connectivity index (χ4v) is 2.52. The number of rotatable bonds is 7. The van der Waals surface area contributed by atoms with Crippen LogP contribution < -0.4 is 16.2 Å². The van der Waals surface area contributed by atoms with Gasteiger partial charge in [0.2, 0.25) is 5.91 Å². The van der Waals surface area contributed by atoms with Gasteiger partial charge in [-0.25, -0.2) is 0 Å². The minimum Gasteiger partial charge on any atom is -0.332 e. The second-order valence-corrected chi connectivity index (χ2v) is 6.41. The molecule has 4 N–H and O–H groups in total. The topological polar surface area (TPSA) is 74.8 Å². The molecule has 0 aromatic heterocycles. The highest BCUT2D eigenvalue weighted by Crippen LogP contribution is 2.22. The molecule has 2 amide bonds. The zero-order chi connectivity index (χ0) is 17.4. The lowest BCUT2D eigenvalue weighted by Gasteiger charge is -2.20. The Morgan fingerprint density at radius 3 is 2.09 bits per heavy atom. The van der Waals surface area contributed by atoms with Crippen LogP contribution in [0.4, 0.5) is 0 Å². The van der Waals surface area contributed by atoms with Gasteiger partial charge in [-0.05, 0) is 17.9 Å². The van der Waals surface area contributed by atoms with E-state index in [1.807, 2.05) is 5.32 Å². The number of quaternary nitrogens is 1. The molecule has 1 aromatic rings. The molecule has 2 atom stereocenters. The van der Waals surface area contributed by atoms with Crippen molar-refractivity contribution in [1.29, 1.82) is 0 Å². The molecule has 5 heteroatoms. The molecule has 0 fully saturated rings. The first-order valence-electron chi connectivity index (χ1n) is 8.33. The number of hydrogen-bond donors (Lipinski definition) is 3. The molecule has 0 aliphatic rings. The first kappa shape index (κ1) is 19.2. The molecule has 5 nitrogen and oxygen atoms in total. The van der Waals surface area contributed by atoms with E-state index in [1.54, 1.807) is 0 Å². The molecule has 0 radical (unpaired) electrons. The summed E-state index contributed by atoms with van der Waals surface area (Å²) < 4.78 is 0. The van der Waals surface area contributed by atoms with E-state index >= 15 is 0 Å². The molecular weight excluding hydrogens is 290 g/mol. The predicted octanol–water partition coefficient (Wildman–Crippen LogP) is 1.63. The minimum atomic E-state index is -0.278. The van der Waals surface area contributed by atoms with Gasteiger partial charge < -0.3 is 5.32 Å². The van der Waals surface area contributed by atoms with E-state index in [2.05, 4.69) is 62.8 Å². The predicted molar refractivity (Wildman–Crippen MR) is 91.5 cm³/mol. The largest absolute Gasteiger partial charge is 0.332 e. The average molecular weight is 320 g/mol. The zero-order valence-corrected chi connectivity index (χ0v) is 14.8. The van der Waals surface area contributed by atoms with Crippen molar-refractivity contribution < 1.29 is 14.9 Å². The molecule has 1 aromatic carbocycles. The van der Waals surface area contributed by atoms with E-state index in [1.165, 1.54) is 18.1 Å². The molecule has 0 aliphatic carbocycles. The third-order valence-corrected chi connectivity index (χ3v) is 4.16. The first-order valence-corrected chi connectivity index (χ1v) is 8.33. The van der Waals surface area contributed by atoms with Crippen LogP contribution in [0.15, 0.2) is 24.3 Å². The van der Waals surface area contributed by atoms with Crippen LogP contribution in [0.25, 0.3) is 0 Å². The molecule has 0 saturated carbocycles. The monoisotopic (exact) mass is 320 g/mol. The van der Waals surface area contributed by atoms with Crippen LogP contribution in [0.5, 0.6) is 0 Å². The van der Waals surface area contributed by atoms with Crippen molar-refractivity contribution in [3.8, 4) is 0 Å². The van der Waals surface area contributed by atoms with E-state index in [-0.39, 0.29) is 24.4 Å². The third-order valence-electron chi connectivity index (χ3n) is 4.16. The maximum atomic E-state index is 11.7. The van der Waals surface area contributed by atoms with Gasteiger partial charge >= 0.3 is 0 Å². The van der Waals surface area contributed by atoms with Gasteiger partial charge in [0.1, 0.15) is 6.04 Å². The molecule has 0 bridgehead atoms. The van der Waals surface area contributed by atoms with Crippen molar-refractivity contribution in [2.75, 3.05) is 6.54 Å². The van der Waals surface area contributed by atoms with Crippen LogP contribution in [0, 0.1) is 5.92 Å². The van der Waals surface area contributed by atoms with Crippen molar-refractivity contribution in [3.05, 3.63) is 35.4 Å². The van der Waals surface area contributed by atoms with Gasteiger partial charge in [-0.15, -0.1) is 0 Å². The van der Waals surface area contributed by atoms with Crippen LogP contribution in [-0.2, 0) is 9.59 Å². The average Bonchev–Trinajstić information content (AvgIpc) is 2.52. The second-order valence-electron chi connectivity index (χ2n) is 6.41. The second kappa shape index (κ2) is 9.30. The molecule has 0 aliphatic heterocycles. The van der Waals surface area contributed by atoms with Gasteiger partial charge in [0.05, 0.1) is 0 Å². The first-order chi connectivity index (χ1) is 10.8. The lowest BCUT2D eigenvalue weighted by Crippen LogP contribution is -2.88. The summed E-state index contributed by atoms with van der Waals surface area (Å²) in [6.07, 6.45) is 1.13. The maximum Gasteiger partial charge on any atom is 0.293 e. The number of nitrogens with one attached hydrogen (secondary N) is 2. The summed E-state index contributed by atoms with van der Waals surface area (Å²) in [5, 5.41) is 2.01. The van der Waals surface area contributed by atoms with Crippen LogP contribution in [-0.4, -0.2) is 18.4 Å². The number of hydrazine groups is 1. The number of benzene rings is 1. The number of carbonyl (C=O) groups is 2. The van der Waals surface area contributed by atoms with Gasteiger partial charge in [0.25, 0.3) is 5.91 Å². The summed E-state index contributed by atoms with van der Waals surface area (Å²) in [7, 11) is 0. The van der Waals surface area contributed by atoms with Crippen molar-refractivity contribution in [2.45, 2.75) is 53.0 Å². The molecule has 128 valence electrons. The lowest BCUT2D eigenvalue weighted by atomic mass is 9.92. The summed E-state index contributed by atoms with van der Waals surface area (Å²) in [6, 6.07) is 8.90. The van der Waals surface area contributed by atoms with Crippen molar-refractivity contribution in [2.24, 2.45) is 5.92 Å².